The number of aliphatic hydroxyl groups excluding tert-OH is 1. The van der Waals surface area contributed by atoms with E-state index in [0.717, 1.165) is 21.8 Å². The molecule has 2 rings (SSSR count). The minimum atomic E-state index is -3.54. The Morgan fingerprint density at radius 2 is 2.11 bits per heavy atom. The maximum absolute atomic E-state index is 12.1. The highest BCUT2D eigenvalue weighted by Crippen LogP contribution is 2.26. The number of aliphatic hydroxyl groups is 1. The quantitative estimate of drug-likeness (QED) is 0.881. The molecule has 0 saturated heterocycles. The second-order valence-electron chi connectivity index (χ2n) is 3.86. The minimum Gasteiger partial charge on any atom is -0.391 e. The molecular weight excluding hydrogens is 326 g/mol. The standard InChI is InChI=1S/C11H12ClNO3S3/c1-7-4-11(18-9(7)6-14)19(15,16)13-5-8-2-3-10(12)17-8/h2-4,13-14H,5-6H2,1H3. The molecule has 0 aliphatic heterocycles. The summed E-state index contributed by atoms with van der Waals surface area (Å²) in [5.74, 6) is 0. The minimum absolute atomic E-state index is 0.146. The van der Waals surface area contributed by atoms with Gasteiger partial charge in [0.15, 0.2) is 0 Å². The van der Waals surface area contributed by atoms with Crippen LogP contribution in [0.15, 0.2) is 22.4 Å². The van der Waals surface area contributed by atoms with E-state index in [1.807, 2.05) is 0 Å². The Labute approximate surface area is 124 Å². The van der Waals surface area contributed by atoms with Gasteiger partial charge >= 0.3 is 0 Å². The normalized spacial score (nSPS) is 11.9. The van der Waals surface area contributed by atoms with Gasteiger partial charge in [-0.05, 0) is 30.7 Å². The van der Waals surface area contributed by atoms with E-state index in [1.165, 1.54) is 11.3 Å². The first-order chi connectivity index (χ1) is 8.92. The van der Waals surface area contributed by atoms with Gasteiger partial charge in [0.1, 0.15) is 4.21 Å². The number of hydrogen-bond donors (Lipinski definition) is 2. The van der Waals surface area contributed by atoms with Crippen molar-refractivity contribution in [3.05, 3.63) is 37.9 Å². The molecule has 0 aliphatic carbocycles. The van der Waals surface area contributed by atoms with Gasteiger partial charge in [0, 0.05) is 16.3 Å². The molecule has 2 aromatic rings. The zero-order valence-corrected chi connectivity index (χ0v) is 13.2. The van der Waals surface area contributed by atoms with Gasteiger partial charge in [-0.15, -0.1) is 22.7 Å². The van der Waals surface area contributed by atoms with E-state index in [9.17, 15) is 8.42 Å². The Hall–Kier alpha value is -0.440. The lowest BCUT2D eigenvalue weighted by Gasteiger charge is -2.02. The molecule has 0 unspecified atom stereocenters. The maximum Gasteiger partial charge on any atom is 0.250 e. The molecule has 0 saturated carbocycles. The zero-order chi connectivity index (χ0) is 14.0. The van der Waals surface area contributed by atoms with Crippen molar-refractivity contribution < 1.29 is 13.5 Å². The third kappa shape index (κ3) is 3.56. The maximum atomic E-state index is 12.1. The van der Waals surface area contributed by atoms with E-state index in [4.69, 9.17) is 16.7 Å². The number of thiophene rings is 2. The van der Waals surface area contributed by atoms with Crippen LogP contribution in [0.3, 0.4) is 0 Å². The van der Waals surface area contributed by atoms with Gasteiger partial charge in [0.05, 0.1) is 10.9 Å². The second-order valence-corrected chi connectivity index (χ2v) is 8.79. The van der Waals surface area contributed by atoms with Gasteiger partial charge in [-0.2, -0.15) is 0 Å². The summed E-state index contributed by atoms with van der Waals surface area (Å²) in [6, 6.07) is 5.09. The van der Waals surface area contributed by atoms with Crippen molar-refractivity contribution in [2.24, 2.45) is 0 Å². The Balaban J connectivity index is 2.13. The highest BCUT2D eigenvalue weighted by atomic mass is 35.5. The monoisotopic (exact) mass is 337 g/mol. The van der Waals surface area contributed by atoms with Crippen molar-refractivity contribution >= 4 is 44.3 Å². The highest BCUT2D eigenvalue weighted by molar-refractivity contribution is 7.91. The lowest BCUT2D eigenvalue weighted by atomic mass is 10.3. The van der Waals surface area contributed by atoms with Crippen LogP contribution in [0.1, 0.15) is 15.3 Å². The van der Waals surface area contributed by atoms with Crippen LogP contribution in [0.2, 0.25) is 4.34 Å². The Kier molecular flexibility index (Phi) is 4.65. The summed E-state index contributed by atoms with van der Waals surface area (Å²) in [6.07, 6.45) is 0. The Morgan fingerprint density at radius 1 is 1.37 bits per heavy atom. The summed E-state index contributed by atoms with van der Waals surface area (Å²) in [5, 5.41) is 9.09. The fraction of sp³-hybridized carbons (Fsp3) is 0.273. The van der Waals surface area contributed by atoms with Crippen LogP contribution in [0, 0.1) is 6.92 Å². The summed E-state index contributed by atoms with van der Waals surface area (Å²) in [6.45, 7) is 1.85. The topological polar surface area (TPSA) is 66.4 Å². The number of hydrogen-bond acceptors (Lipinski definition) is 5. The molecule has 19 heavy (non-hydrogen) atoms. The molecule has 0 aliphatic rings. The molecule has 0 fully saturated rings. The highest BCUT2D eigenvalue weighted by Gasteiger charge is 2.18. The van der Waals surface area contributed by atoms with Crippen LogP contribution in [-0.2, 0) is 23.2 Å². The fourth-order valence-electron chi connectivity index (χ4n) is 1.46. The first kappa shape index (κ1) is 15.0. The number of rotatable bonds is 5. The third-order valence-electron chi connectivity index (χ3n) is 2.47. The first-order valence-electron chi connectivity index (χ1n) is 5.36. The van der Waals surface area contributed by atoms with Crippen LogP contribution in [-0.4, -0.2) is 13.5 Å². The molecule has 2 aromatic heterocycles. The van der Waals surface area contributed by atoms with Crippen LogP contribution in [0.25, 0.3) is 0 Å². The smallest absolute Gasteiger partial charge is 0.250 e. The zero-order valence-electron chi connectivity index (χ0n) is 10.0. The van der Waals surface area contributed by atoms with Crippen LogP contribution >= 0.6 is 34.3 Å². The van der Waals surface area contributed by atoms with Crippen molar-refractivity contribution in [1.82, 2.24) is 4.72 Å². The average Bonchev–Trinajstić information content (AvgIpc) is 2.93. The molecule has 0 spiro atoms. The first-order valence-corrected chi connectivity index (χ1v) is 8.86. The molecule has 2 heterocycles. The molecule has 0 aromatic carbocycles. The number of halogens is 1. The fourth-order valence-corrected chi connectivity index (χ4v) is 5.08. The Bertz CT molecular complexity index is 675. The predicted molar refractivity (Wildman–Crippen MR) is 78.3 cm³/mol. The average molecular weight is 338 g/mol. The predicted octanol–water partition coefficient (Wildman–Crippen LogP) is 2.74. The molecule has 104 valence electrons. The van der Waals surface area contributed by atoms with Crippen molar-refractivity contribution in [3.8, 4) is 0 Å². The lowest BCUT2D eigenvalue weighted by molar-refractivity contribution is 0.285. The van der Waals surface area contributed by atoms with Crippen LogP contribution in [0.5, 0.6) is 0 Å². The summed E-state index contributed by atoms with van der Waals surface area (Å²) < 4.78 is 27.5. The van der Waals surface area contributed by atoms with E-state index in [2.05, 4.69) is 4.72 Å². The van der Waals surface area contributed by atoms with Gasteiger partial charge in [0.25, 0.3) is 0 Å². The van der Waals surface area contributed by atoms with E-state index in [0.29, 0.717) is 9.21 Å². The van der Waals surface area contributed by atoms with E-state index in [-0.39, 0.29) is 17.4 Å². The summed E-state index contributed by atoms with van der Waals surface area (Å²) >= 11 is 8.21. The van der Waals surface area contributed by atoms with Crippen molar-refractivity contribution in [2.75, 3.05) is 0 Å². The van der Waals surface area contributed by atoms with Gasteiger partial charge in [-0.3, -0.25) is 0 Å². The third-order valence-corrected chi connectivity index (χ3v) is 6.80. The van der Waals surface area contributed by atoms with Gasteiger partial charge in [-0.25, -0.2) is 13.1 Å². The van der Waals surface area contributed by atoms with Gasteiger partial charge in [-0.1, -0.05) is 11.6 Å². The van der Waals surface area contributed by atoms with E-state index >= 15 is 0 Å². The molecule has 0 amide bonds. The molecule has 0 atom stereocenters. The van der Waals surface area contributed by atoms with Crippen molar-refractivity contribution in [3.63, 3.8) is 0 Å². The van der Waals surface area contributed by atoms with Gasteiger partial charge < -0.3 is 5.11 Å². The largest absolute Gasteiger partial charge is 0.391 e. The van der Waals surface area contributed by atoms with E-state index < -0.39 is 10.0 Å². The molecule has 8 heteroatoms. The van der Waals surface area contributed by atoms with Crippen molar-refractivity contribution in [1.29, 1.82) is 0 Å². The van der Waals surface area contributed by atoms with Gasteiger partial charge in [0.2, 0.25) is 10.0 Å². The Morgan fingerprint density at radius 3 is 2.63 bits per heavy atom. The molecule has 0 bridgehead atoms. The summed E-state index contributed by atoms with van der Waals surface area (Å²) in [5.41, 5.74) is 0.784. The van der Waals surface area contributed by atoms with Crippen LogP contribution < -0.4 is 4.72 Å². The molecule has 4 nitrogen and oxygen atoms in total. The van der Waals surface area contributed by atoms with Crippen LogP contribution in [0.4, 0.5) is 0 Å². The lowest BCUT2D eigenvalue weighted by Crippen LogP contribution is -2.21. The van der Waals surface area contributed by atoms with Crippen molar-refractivity contribution in [2.45, 2.75) is 24.3 Å². The number of sulfonamides is 1. The van der Waals surface area contributed by atoms with E-state index in [1.54, 1.807) is 25.1 Å². The summed E-state index contributed by atoms with van der Waals surface area (Å²) in [7, 11) is -3.54. The summed E-state index contributed by atoms with van der Waals surface area (Å²) in [4.78, 5) is 1.52. The molecular formula is C11H12ClNO3S3. The number of nitrogens with one attached hydrogen (secondary N) is 1. The molecule has 2 N–H and O–H groups in total. The molecule has 0 radical (unpaired) electrons. The SMILES string of the molecule is Cc1cc(S(=O)(=O)NCc2ccc(Cl)s2)sc1CO. The second kappa shape index (κ2) is 5.90. The number of aryl methyl sites for hydroxylation is 1.